The van der Waals surface area contributed by atoms with Gasteiger partial charge >= 0.3 is 0 Å². The Morgan fingerprint density at radius 2 is 2.05 bits per heavy atom. The van der Waals surface area contributed by atoms with E-state index in [4.69, 9.17) is 4.74 Å². The van der Waals surface area contributed by atoms with Gasteiger partial charge in [0.1, 0.15) is 15.8 Å². The number of ether oxygens (including phenoxy) is 1. The van der Waals surface area contributed by atoms with Crippen LogP contribution in [0.25, 0.3) is 21.5 Å². The molecule has 37 heavy (non-hydrogen) atoms. The van der Waals surface area contributed by atoms with Crippen molar-refractivity contribution in [2.45, 2.75) is 50.4 Å². The zero-order valence-electron chi connectivity index (χ0n) is 21.6. The van der Waals surface area contributed by atoms with E-state index in [1.807, 2.05) is 38.1 Å². The van der Waals surface area contributed by atoms with E-state index in [9.17, 15) is 4.79 Å². The van der Waals surface area contributed by atoms with Crippen molar-refractivity contribution >= 4 is 38.4 Å². The lowest BCUT2D eigenvalue weighted by molar-refractivity contribution is 0.0562. The number of fused-ring (bicyclic) bond motifs is 1. The molecule has 0 bridgehead atoms. The molecule has 1 amide bonds. The summed E-state index contributed by atoms with van der Waals surface area (Å²) < 4.78 is 6.31. The van der Waals surface area contributed by atoms with Crippen molar-refractivity contribution < 1.29 is 9.53 Å². The van der Waals surface area contributed by atoms with Crippen LogP contribution < -0.4 is 10.1 Å². The fraction of sp³-hybridized carbons (Fsp3) is 0.357. The van der Waals surface area contributed by atoms with Crippen LogP contribution in [0, 0.1) is 13.8 Å². The number of hydrogen-bond acceptors (Lipinski definition) is 7. The van der Waals surface area contributed by atoms with Crippen LogP contribution in [0.15, 0.2) is 48.7 Å². The fourth-order valence-electron chi connectivity index (χ4n) is 5.33. The summed E-state index contributed by atoms with van der Waals surface area (Å²) in [6.07, 6.45) is 4.74. The number of carbonyl (C=O) groups is 1. The van der Waals surface area contributed by atoms with Crippen LogP contribution in [0.2, 0.25) is 0 Å². The average molecular weight is 530 g/mol. The SMILES string of the molecule is Cc1nnc(-c2cc(C3(NC(=O)c4cc(OC([SiH3])[C@@H]5CCN5C)ccc4C)CC3)c3cccnc3c2)s1. The third-order valence-electron chi connectivity index (χ3n) is 7.77. The Bertz CT molecular complexity index is 1500. The Balaban J connectivity index is 1.30. The Morgan fingerprint density at radius 1 is 1.22 bits per heavy atom. The summed E-state index contributed by atoms with van der Waals surface area (Å²) in [5, 5.41) is 14.8. The van der Waals surface area contributed by atoms with Gasteiger partial charge in [0.15, 0.2) is 0 Å². The number of likely N-dealkylation sites (tertiary alicyclic amines) is 1. The Hall–Kier alpha value is -3.14. The molecule has 1 aliphatic heterocycles. The molecule has 7 nitrogen and oxygen atoms in total. The van der Waals surface area contributed by atoms with Crippen molar-refractivity contribution in [2.24, 2.45) is 0 Å². The van der Waals surface area contributed by atoms with Gasteiger partial charge in [-0.1, -0.05) is 23.5 Å². The van der Waals surface area contributed by atoms with Gasteiger partial charge in [0.2, 0.25) is 0 Å². The van der Waals surface area contributed by atoms with Gasteiger partial charge in [-0.2, -0.15) is 0 Å². The van der Waals surface area contributed by atoms with E-state index in [1.165, 1.54) is 6.42 Å². The van der Waals surface area contributed by atoms with Crippen LogP contribution in [0.1, 0.15) is 45.8 Å². The molecule has 4 aromatic rings. The second-order valence-corrected chi connectivity index (χ2v) is 12.7. The highest BCUT2D eigenvalue weighted by atomic mass is 32.1. The molecule has 1 saturated carbocycles. The molecule has 9 heteroatoms. The standard InChI is InChI=1S/C28H31N5O2SSi/c1-16-6-7-19(35-27(37)24-8-12-33(24)3)15-21(16)25(34)30-28(9-10-28)22-13-18(26-32-31-17(2)36-26)14-23-20(22)5-4-11-29-23/h4-7,11,13-15,24,27H,8-10,12H2,1-3,37H3,(H,30,34)/t24-,27?/m0/s1. The maximum atomic E-state index is 13.7. The maximum Gasteiger partial charge on any atom is 0.252 e. The summed E-state index contributed by atoms with van der Waals surface area (Å²) in [6, 6.07) is 14.6. The molecule has 3 heterocycles. The first kappa shape index (κ1) is 24.2. The summed E-state index contributed by atoms with van der Waals surface area (Å²) in [5.74, 6) is 0.699. The topological polar surface area (TPSA) is 80.2 Å². The number of pyridine rings is 1. The average Bonchev–Trinajstić information content (AvgIpc) is 3.52. The molecule has 1 N–H and O–H groups in total. The second kappa shape index (κ2) is 9.31. The lowest BCUT2D eigenvalue weighted by Gasteiger charge is -2.41. The molecule has 6 rings (SSSR count). The van der Waals surface area contributed by atoms with Crippen molar-refractivity contribution in [1.82, 2.24) is 25.4 Å². The number of rotatable bonds is 7. The summed E-state index contributed by atoms with van der Waals surface area (Å²) in [6.45, 7) is 5.06. The van der Waals surface area contributed by atoms with Gasteiger partial charge < -0.3 is 15.0 Å². The van der Waals surface area contributed by atoms with Crippen molar-refractivity contribution in [3.63, 3.8) is 0 Å². The molecule has 190 valence electrons. The largest absolute Gasteiger partial charge is 0.494 e. The van der Waals surface area contributed by atoms with Crippen molar-refractivity contribution in [2.75, 3.05) is 13.6 Å². The quantitative estimate of drug-likeness (QED) is 0.369. The van der Waals surface area contributed by atoms with Gasteiger partial charge in [-0.3, -0.25) is 9.78 Å². The highest BCUT2D eigenvalue weighted by Crippen LogP contribution is 2.49. The van der Waals surface area contributed by atoms with Gasteiger partial charge in [-0.05, 0) is 88.2 Å². The minimum atomic E-state index is -0.424. The number of carbonyl (C=O) groups excluding carboxylic acids is 1. The zero-order chi connectivity index (χ0) is 25.7. The number of nitrogens with one attached hydrogen (secondary N) is 1. The second-order valence-electron chi connectivity index (χ2n) is 10.4. The number of nitrogens with zero attached hydrogens (tertiary/aromatic N) is 4. The number of aromatic nitrogens is 3. The number of benzene rings is 2. The Labute approximate surface area is 223 Å². The molecule has 2 aromatic heterocycles. The molecular weight excluding hydrogens is 498 g/mol. The monoisotopic (exact) mass is 529 g/mol. The third kappa shape index (κ3) is 4.56. The molecule has 2 atom stereocenters. The number of aryl methyl sites for hydroxylation is 2. The van der Waals surface area contributed by atoms with Gasteiger partial charge in [0.25, 0.3) is 5.91 Å². The highest BCUT2D eigenvalue weighted by molar-refractivity contribution is 7.14. The van der Waals surface area contributed by atoms with Gasteiger partial charge in [0.05, 0.1) is 27.0 Å². The van der Waals surface area contributed by atoms with E-state index >= 15 is 0 Å². The zero-order valence-corrected chi connectivity index (χ0v) is 24.4. The fourth-order valence-corrected chi connectivity index (χ4v) is 7.12. The van der Waals surface area contributed by atoms with E-state index in [0.29, 0.717) is 11.6 Å². The maximum absolute atomic E-state index is 13.7. The molecule has 1 aliphatic carbocycles. The summed E-state index contributed by atoms with van der Waals surface area (Å²) >= 11 is 1.56. The van der Waals surface area contributed by atoms with E-state index < -0.39 is 5.54 Å². The molecular formula is C28H31N5O2SSi. The Kier molecular flexibility index (Phi) is 6.09. The van der Waals surface area contributed by atoms with Crippen LogP contribution >= 0.6 is 11.3 Å². The molecule has 1 saturated heterocycles. The number of hydrogen-bond donors (Lipinski definition) is 1. The van der Waals surface area contributed by atoms with Gasteiger partial charge in [0, 0.05) is 28.8 Å². The lowest BCUT2D eigenvalue weighted by Crippen LogP contribution is -2.53. The predicted molar refractivity (Wildman–Crippen MR) is 150 cm³/mol. The van der Waals surface area contributed by atoms with E-state index in [1.54, 1.807) is 17.5 Å². The third-order valence-corrected chi connectivity index (χ3v) is 9.67. The number of likely N-dealkylation sites (N-methyl/N-ethyl adjacent to an activating group) is 1. The highest BCUT2D eigenvalue weighted by Gasteiger charge is 2.47. The summed E-state index contributed by atoms with van der Waals surface area (Å²) in [5.41, 5.74) is 4.36. The first-order valence-electron chi connectivity index (χ1n) is 12.8. The summed E-state index contributed by atoms with van der Waals surface area (Å²) in [4.78, 5) is 20.6. The van der Waals surface area contributed by atoms with Gasteiger partial charge in [-0.25, -0.2) is 0 Å². The van der Waals surface area contributed by atoms with Crippen LogP contribution in [0.5, 0.6) is 5.75 Å². The molecule has 0 spiro atoms. The van der Waals surface area contributed by atoms with Crippen LogP contribution in [-0.2, 0) is 5.54 Å². The van der Waals surface area contributed by atoms with Crippen LogP contribution in [-0.4, -0.2) is 61.6 Å². The van der Waals surface area contributed by atoms with Crippen LogP contribution in [0.3, 0.4) is 0 Å². The predicted octanol–water partition coefficient (Wildman–Crippen LogP) is 3.56. The molecule has 2 fully saturated rings. The van der Waals surface area contributed by atoms with Crippen molar-refractivity contribution in [3.05, 3.63) is 70.4 Å². The molecule has 1 unspecified atom stereocenters. The minimum Gasteiger partial charge on any atom is -0.494 e. The molecule has 0 radical (unpaired) electrons. The van der Waals surface area contributed by atoms with Crippen molar-refractivity contribution in [3.8, 4) is 16.3 Å². The molecule has 2 aromatic carbocycles. The first-order valence-corrected chi connectivity index (χ1v) is 14.8. The van der Waals surface area contributed by atoms with Crippen molar-refractivity contribution in [1.29, 1.82) is 0 Å². The van der Waals surface area contributed by atoms with E-state index in [0.717, 1.165) is 73.0 Å². The van der Waals surface area contributed by atoms with Gasteiger partial charge in [-0.15, -0.1) is 10.2 Å². The normalized spacial score (nSPS) is 19.4. The smallest absolute Gasteiger partial charge is 0.252 e. The van der Waals surface area contributed by atoms with E-state index in [-0.39, 0.29) is 11.6 Å². The first-order chi connectivity index (χ1) is 17.8. The van der Waals surface area contributed by atoms with Crippen LogP contribution in [0.4, 0.5) is 0 Å². The molecule has 2 aliphatic rings. The van der Waals surface area contributed by atoms with E-state index in [2.05, 4.69) is 50.6 Å². The minimum absolute atomic E-state index is 0.0692. The summed E-state index contributed by atoms with van der Waals surface area (Å²) in [7, 11) is 3.08. The lowest BCUT2D eigenvalue weighted by atomic mass is 9.96. The number of amides is 1. The Morgan fingerprint density at radius 3 is 2.73 bits per heavy atom.